The van der Waals surface area contributed by atoms with E-state index in [0.29, 0.717) is 12.0 Å². The van der Waals surface area contributed by atoms with E-state index in [1.807, 2.05) is 18.2 Å². The van der Waals surface area contributed by atoms with Gasteiger partial charge in [-0.3, -0.25) is 0 Å². The number of benzene rings is 1. The van der Waals surface area contributed by atoms with Crippen LogP contribution in [-0.4, -0.2) is 11.1 Å². The summed E-state index contributed by atoms with van der Waals surface area (Å²) in [6.07, 6.45) is 5.86. The molecular weight excluding hydrogens is 238 g/mol. The molecule has 1 aromatic rings. The largest absolute Gasteiger partial charge is 0.480 e. The SMILES string of the molecule is C=CCc1cccc(C(N)(CCCCC)C(=O)O)c1. The van der Waals surface area contributed by atoms with Crippen molar-refractivity contribution in [3.63, 3.8) is 0 Å². The molecule has 104 valence electrons. The van der Waals surface area contributed by atoms with Crippen LogP contribution >= 0.6 is 0 Å². The number of rotatable bonds is 8. The van der Waals surface area contributed by atoms with Crippen molar-refractivity contribution in [2.45, 2.75) is 44.6 Å². The smallest absolute Gasteiger partial charge is 0.328 e. The molecule has 0 amide bonds. The fourth-order valence-electron chi connectivity index (χ4n) is 2.17. The highest BCUT2D eigenvalue weighted by Crippen LogP contribution is 2.26. The Kier molecular flexibility index (Phi) is 5.77. The minimum atomic E-state index is -1.29. The Bertz CT molecular complexity index is 442. The molecule has 0 aliphatic heterocycles. The van der Waals surface area contributed by atoms with Crippen molar-refractivity contribution in [1.29, 1.82) is 0 Å². The molecule has 1 atom stereocenters. The average Bonchev–Trinajstić information content (AvgIpc) is 2.39. The van der Waals surface area contributed by atoms with Crippen LogP contribution in [0.15, 0.2) is 36.9 Å². The van der Waals surface area contributed by atoms with Gasteiger partial charge in [0.1, 0.15) is 5.54 Å². The van der Waals surface area contributed by atoms with E-state index < -0.39 is 11.5 Å². The van der Waals surface area contributed by atoms with Gasteiger partial charge in [-0.25, -0.2) is 4.79 Å². The predicted molar refractivity (Wildman–Crippen MR) is 78.0 cm³/mol. The van der Waals surface area contributed by atoms with E-state index in [4.69, 9.17) is 5.73 Å². The minimum Gasteiger partial charge on any atom is -0.480 e. The minimum absolute atomic E-state index is 0.466. The summed E-state index contributed by atoms with van der Waals surface area (Å²) in [7, 11) is 0. The standard InChI is InChI=1S/C16H23NO2/c1-3-5-6-11-16(17,15(18)19)14-10-7-9-13(12-14)8-4-2/h4,7,9-10,12H,2-3,5-6,8,11,17H2,1H3,(H,18,19). The zero-order valence-electron chi connectivity index (χ0n) is 11.6. The molecule has 1 aromatic carbocycles. The maximum absolute atomic E-state index is 11.5. The first-order valence-electron chi connectivity index (χ1n) is 6.77. The molecule has 3 N–H and O–H groups in total. The first-order chi connectivity index (χ1) is 9.04. The zero-order chi connectivity index (χ0) is 14.3. The second kappa shape index (κ2) is 7.10. The van der Waals surface area contributed by atoms with Crippen LogP contribution < -0.4 is 5.73 Å². The number of nitrogens with two attached hydrogens (primary N) is 1. The molecule has 0 aromatic heterocycles. The lowest BCUT2D eigenvalue weighted by molar-refractivity contribution is -0.144. The average molecular weight is 261 g/mol. The molecule has 0 bridgehead atoms. The third kappa shape index (κ3) is 3.93. The van der Waals surface area contributed by atoms with Gasteiger partial charge in [-0.15, -0.1) is 6.58 Å². The lowest BCUT2D eigenvalue weighted by atomic mass is 9.85. The second-order valence-electron chi connectivity index (χ2n) is 4.93. The van der Waals surface area contributed by atoms with Crippen LogP contribution in [0.1, 0.15) is 43.7 Å². The molecule has 0 saturated carbocycles. The molecule has 3 nitrogen and oxygen atoms in total. The molecule has 0 radical (unpaired) electrons. The van der Waals surface area contributed by atoms with Gasteiger partial charge in [-0.1, -0.05) is 56.5 Å². The number of unbranched alkanes of at least 4 members (excludes halogenated alkanes) is 2. The Morgan fingerprint density at radius 2 is 2.21 bits per heavy atom. The van der Waals surface area contributed by atoms with Crippen molar-refractivity contribution in [1.82, 2.24) is 0 Å². The summed E-state index contributed by atoms with van der Waals surface area (Å²) >= 11 is 0. The Morgan fingerprint density at radius 3 is 2.79 bits per heavy atom. The summed E-state index contributed by atoms with van der Waals surface area (Å²) in [6, 6.07) is 7.49. The summed E-state index contributed by atoms with van der Waals surface area (Å²) in [6.45, 7) is 5.78. The van der Waals surface area contributed by atoms with Crippen molar-refractivity contribution >= 4 is 5.97 Å². The zero-order valence-corrected chi connectivity index (χ0v) is 11.6. The van der Waals surface area contributed by atoms with E-state index in [9.17, 15) is 9.90 Å². The lowest BCUT2D eigenvalue weighted by Crippen LogP contribution is -2.44. The van der Waals surface area contributed by atoms with Crippen LogP contribution in [0.4, 0.5) is 0 Å². The molecule has 1 unspecified atom stereocenters. The van der Waals surface area contributed by atoms with Crippen LogP contribution in [0.2, 0.25) is 0 Å². The molecule has 0 spiro atoms. The Morgan fingerprint density at radius 1 is 1.47 bits per heavy atom. The third-order valence-corrected chi connectivity index (χ3v) is 3.38. The van der Waals surface area contributed by atoms with E-state index in [0.717, 1.165) is 31.2 Å². The van der Waals surface area contributed by atoms with Gasteiger partial charge < -0.3 is 10.8 Å². The number of carboxylic acid groups (broad SMARTS) is 1. The van der Waals surface area contributed by atoms with E-state index in [-0.39, 0.29) is 0 Å². The first kappa shape index (κ1) is 15.4. The topological polar surface area (TPSA) is 63.3 Å². The molecule has 1 rings (SSSR count). The fraction of sp³-hybridized carbons (Fsp3) is 0.438. The number of hydrogen-bond acceptors (Lipinski definition) is 2. The van der Waals surface area contributed by atoms with Crippen LogP contribution in [0.5, 0.6) is 0 Å². The Labute approximate surface area is 115 Å². The van der Waals surface area contributed by atoms with Crippen LogP contribution in [-0.2, 0) is 16.8 Å². The van der Waals surface area contributed by atoms with Gasteiger partial charge in [-0.05, 0) is 24.0 Å². The maximum Gasteiger partial charge on any atom is 0.328 e. The molecular formula is C16H23NO2. The second-order valence-corrected chi connectivity index (χ2v) is 4.93. The normalized spacial score (nSPS) is 13.8. The summed E-state index contributed by atoms with van der Waals surface area (Å²) < 4.78 is 0. The first-order valence-corrected chi connectivity index (χ1v) is 6.77. The monoisotopic (exact) mass is 261 g/mol. The molecule has 0 saturated heterocycles. The van der Waals surface area contributed by atoms with Gasteiger partial charge in [0.25, 0.3) is 0 Å². The number of hydrogen-bond donors (Lipinski definition) is 2. The highest BCUT2D eigenvalue weighted by atomic mass is 16.4. The lowest BCUT2D eigenvalue weighted by Gasteiger charge is -2.25. The van der Waals surface area contributed by atoms with Crippen LogP contribution in [0.25, 0.3) is 0 Å². The van der Waals surface area contributed by atoms with E-state index in [1.165, 1.54) is 0 Å². The van der Waals surface area contributed by atoms with Gasteiger partial charge >= 0.3 is 5.97 Å². The molecule has 0 aliphatic carbocycles. The van der Waals surface area contributed by atoms with Crippen LogP contribution in [0.3, 0.4) is 0 Å². The fourth-order valence-corrected chi connectivity index (χ4v) is 2.17. The predicted octanol–water partition coefficient (Wildman–Crippen LogP) is 3.23. The van der Waals surface area contributed by atoms with E-state index in [1.54, 1.807) is 12.1 Å². The van der Waals surface area contributed by atoms with Crippen molar-refractivity contribution in [2.75, 3.05) is 0 Å². The quantitative estimate of drug-likeness (QED) is 0.558. The van der Waals surface area contributed by atoms with Gasteiger partial charge in [0.15, 0.2) is 0 Å². The van der Waals surface area contributed by atoms with Gasteiger partial charge in [0.05, 0.1) is 0 Å². The molecule has 0 fully saturated rings. The van der Waals surface area contributed by atoms with Crippen molar-refractivity contribution < 1.29 is 9.90 Å². The molecule has 19 heavy (non-hydrogen) atoms. The summed E-state index contributed by atoms with van der Waals surface area (Å²) in [5.74, 6) is -0.959. The van der Waals surface area contributed by atoms with Crippen molar-refractivity contribution in [3.8, 4) is 0 Å². The van der Waals surface area contributed by atoms with Gasteiger partial charge in [-0.2, -0.15) is 0 Å². The van der Waals surface area contributed by atoms with E-state index in [2.05, 4.69) is 13.5 Å². The number of carboxylic acids is 1. The van der Waals surface area contributed by atoms with E-state index >= 15 is 0 Å². The summed E-state index contributed by atoms with van der Waals surface area (Å²) in [5.41, 5.74) is 6.57. The van der Waals surface area contributed by atoms with Gasteiger partial charge in [0.2, 0.25) is 0 Å². The summed E-state index contributed by atoms with van der Waals surface area (Å²) in [5, 5.41) is 9.46. The maximum atomic E-state index is 11.5. The number of allylic oxidation sites excluding steroid dienone is 1. The number of aliphatic carboxylic acids is 1. The highest BCUT2D eigenvalue weighted by molar-refractivity contribution is 5.80. The van der Waals surface area contributed by atoms with Gasteiger partial charge in [0, 0.05) is 0 Å². The summed E-state index contributed by atoms with van der Waals surface area (Å²) in [4.78, 5) is 11.5. The molecule has 0 aliphatic rings. The Hall–Kier alpha value is -1.61. The van der Waals surface area contributed by atoms with Crippen molar-refractivity contribution in [3.05, 3.63) is 48.0 Å². The molecule has 0 heterocycles. The molecule has 3 heteroatoms. The highest BCUT2D eigenvalue weighted by Gasteiger charge is 2.35. The number of carbonyl (C=O) groups is 1. The Balaban J connectivity index is 3.00. The third-order valence-electron chi connectivity index (χ3n) is 3.38. The van der Waals surface area contributed by atoms with Crippen LogP contribution in [0, 0.1) is 0 Å². The van der Waals surface area contributed by atoms with Crippen molar-refractivity contribution in [2.24, 2.45) is 5.73 Å².